The number of likely N-dealkylation sites (tertiary alicyclic amines) is 2. The number of carbonyl (C=O) groups is 2. The van der Waals surface area contributed by atoms with Gasteiger partial charge in [-0.3, -0.25) is 9.59 Å². The Morgan fingerprint density at radius 2 is 1.74 bits per heavy atom. The Labute approximate surface area is 268 Å². The molecule has 2 amide bonds. The van der Waals surface area contributed by atoms with Gasteiger partial charge in [0.1, 0.15) is 5.75 Å². The van der Waals surface area contributed by atoms with Crippen LogP contribution in [0.3, 0.4) is 0 Å². The molecular weight excluding hydrogens is 586 g/mol. The fourth-order valence-electron chi connectivity index (χ4n) is 8.08. The van der Waals surface area contributed by atoms with E-state index in [1.54, 1.807) is 19.5 Å². The molecule has 4 aromatic rings. The molecule has 1 aliphatic carbocycles. The Bertz CT molecular complexity index is 1830. The summed E-state index contributed by atoms with van der Waals surface area (Å²) in [5.41, 5.74) is 3.58. The SMILES string of the molecule is COc1ccccc1Cn1cnc2cc(C(=O)N3CCC(C4N(C(=O)C5CC5(C)c5ccc(F)c(F)c5)CC4(C)C)CC3)ccc21. The highest BCUT2D eigenvalue weighted by Crippen LogP contribution is 2.57. The molecule has 2 aliphatic heterocycles. The Hall–Kier alpha value is -4.27. The van der Waals surface area contributed by atoms with Gasteiger partial charge in [0.05, 0.1) is 31.0 Å². The minimum absolute atomic E-state index is 0.000655. The van der Waals surface area contributed by atoms with Gasteiger partial charge in [0.2, 0.25) is 5.91 Å². The summed E-state index contributed by atoms with van der Waals surface area (Å²) in [5, 5.41) is 0. The summed E-state index contributed by atoms with van der Waals surface area (Å²) in [4.78, 5) is 35.9. The van der Waals surface area contributed by atoms with E-state index in [1.807, 2.05) is 59.2 Å². The van der Waals surface area contributed by atoms with Crippen LogP contribution in [0.5, 0.6) is 5.75 Å². The van der Waals surface area contributed by atoms with Crippen LogP contribution < -0.4 is 4.74 Å². The molecule has 7 rings (SSSR count). The van der Waals surface area contributed by atoms with Gasteiger partial charge in [-0.2, -0.15) is 0 Å². The van der Waals surface area contributed by atoms with Crippen molar-refractivity contribution >= 4 is 22.8 Å². The van der Waals surface area contributed by atoms with Crippen LogP contribution in [0.4, 0.5) is 8.78 Å². The molecule has 3 aliphatic rings. The smallest absolute Gasteiger partial charge is 0.253 e. The highest BCUT2D eigenvalue weighted by atomic mass is 19.2. The second-order valence-electron chi connectivity index (χ2n) is 14.2. The van der Waals surface area contributed by atoms with Crippen molar-refractivity contribution in [3.05, 3.63) is 95.3 Å². The first-order chi connectivity index (χ1) is 22.0. The predicted molar refractivity (Wildman–Crippen MR) is 172 cm³/mol. The first-order valence-corrected chi connectivity index (χ1v) is 16.1. The van der Waals surface area contributed by atoms with Gasteiger partial charge in [0, 0.05) is 53.6 Å². The third-order valence-corrected chi connectivity index (χ3v) is 10.8. The Morgan fingerprint density at radius 3 is 2.46 bits per heavy atom. The fourth-order valence-corrected chi connectivity index (χ4v) is 8.08. The Balaban J connectivity index is 0.993. The van der Waals surface area contributed by atoms with Gasteiger partial charge in [0.15, 0.2) is 11.6 Å². The van der Waals surface area contributed by atoms with Crippen LogP contribution in [0, 0.1) is 28.9 Å². The van der Waals surface area contributed by atoms with Gasteiger partial charge in [-0.1, -0.05) is 45.0 Å². The summed E-state index contributed by atoms with van der Waals surface area (Å²) in [5.74, 6) is -0.760. The molecule has 0 bridgehead atoms. The number of methoxy groups -OCH3 is 1. The predicted octanol–water partition coefficient (Wildman–Crippen LogP) is 6.44. The molecule has 3 aromatic carbocycles. The number of hydrogen-bond acceptors (Lipinski definition) is 4. The number of aromatic nitrogens is 2. The van der Waals surface area contributed by atoms with Crippen LogP contribution in [0.25, 0.3) is 11.0 Å². The van der Waals surface area contributed by atoms with Crippen molar-refractivity contribution in [3.8, 4) is 5.75 Å². The van der Waals surface area contributed by atoms with Crippen molar-refractivity contribution < 1.29 is 23.1 Å². The molecule has 1 saturated carbocycles. The van der Waals surface area contributed by atoms with Crippen molar-refractivity contribution in [2.45, 2.75) is 58.0 Å². The number of fused-ring (bicyclic) bond motifs is 1. The number of imidazole rings is 1. The van der Waals surface area contributed by atoms with E-state index in [2.05, 4.69) is 23.4 Å². The molecule has 2 saturated heterocycles. The summed E-state index contributed by atoms with van der Waals surface area (Å²) in [7, 11) is 1.67. The van der Waals surface area contributed by atoms with Crippen LogP contribution >= 0.6 is 0 Å². The second kappa shape index (κ2) is 11.2. The normalized spacial score (nSPS) is 24.1. The lowest BCUT2D eigenvalue weighted by molar-refractivity contribution is -0.160. The Morgan fingerprint density at radius 1 is 0.978 bits per heavy atom. The third kappa shape index (κ3) is 5.13. The van der Waals surface area contributed by atoms with Crippen LogP contribution in [0.15, 0.2) is 67.0 Å². The average Bonchev–Trinajstić information content (AvgIpc) is 3.60. The van der Waals surface area contributed by atoms with E-state index >= 15 is 0 Å². The van der Waals surface area contributed by atoms with Gasteiger partial charge >= 0.3 is 0 Å². The highest BCUT2D eigenvalue weighted by molar-refractivity contribution is 5.97. The standard InChI is InChI=1S/C37H40F2N4O3/c1-36(2)21-43(35(45)27-19-37(27,3)26-10-11-28(38)29(39)18-26)33(36)23-13-15-41(16-14-23)34(44)24-9-12-31-30(17-24)40-22-42(31)20-25-7-5-6-8-32(25)46-4/h5-12,17-18,22-23,27,33H,13-16,19-21H2,1-4H3. The minimum Gasteiger partial charge on any atom is -0.496 e. The number of ether oxygens (including phenoxy) is 1. The van der Waals surface area contributed by atoms with Gasteiger partial charge in [-0.15, -0.1) is 0 Å². The number of piperidine rings is 1. The molecule has 0 spiro atoms. The van der Waals surface area contributed by atoms with Gasteiger partial charge in [0.25, 0.3) is 5.91 Å². The van der Waals surface area contributed by atoms with E-state index < -0.39 is 17.0 Å². The first-order valence-electron chi connectivity index (χ1n) is 16.1. The topological polar surface area (TPSA) is 67.7 Å². The second-order valence-corrected chi connectivity index (χ2v) is 14.2. The molecule has 3 atom stereocenters. The summed E-state index contributed by atoms with van der Waals surface area (Å²) in [6.45, 7) is 8.95. The molecular formula is C37H40F2N4O3. The zero-order chi connectivity index (χ0) is 32.4. The minimum atomic E-state index is -0.875. The third-order valence-electron chi connectivity index (χ3n) is 10.8. The molecule has 240 valence electrons. The molecule has 0 N–H and O–H groups in total. The first kappa shape index (κ1) is 30.4. The van der Waals surface area contributed by atoms with E-state index in [1.165, 1.54) is 6.07 Å². The maximum absolute atomic E-state index is 14.0. The zero-order valence-corrected chi connectivity index (χ0v) is 26.8. The van der Waals surface area contributed by atoms with Gasteiger partial charge in [-0.05, 0) is 67.1 Å². The van der Waals surface area contributed by atoms with Crippen LogP contribution in [0.2, 0.25) is 0 Å². The number of nitrogens with zero attached hydrogens (tertiary/aromatic N) is 4. The lowest BCUT2D eigenvalue weighted by Crippen LogP contribution is -2.68. The number of rotatable bonds is 7. The van der Waals surface area contributed by atoms with E-state index in [-0.39, 0.29) is 35.1 Å². The van der Waals surface area contributed by atoms with Crippen molar-refractivity contribution in [2.24, 2.45) is 17.3 Å². The fraction of sp³-hybridized carbons (Fsp3) is 0.432. The quantitative estimate of drug-likeness (QED) is 0.237. The molecule has 1 aromatic heterocycles. The number of halogens is 2. The largest absolute Gasteiger partial charge is 0.496 e. The monoisotopic (exact) mass is 626 g/mol. The van der Waals surface area contributed by atoms with Crippen molar-refractivity contribution in [3.63, 3.8) is 0 Å². The van der Waals surface area contributed by atoms with Crippen LogP contribution in [-0.2, 0) is 16.8 Å². The summed E-state index contributed by atoms with van der Waals surface area (Å²) >= 11 is 0. The highest BCUT2D eigenvalue weighted by Gasteiger charge is 2.61. The molecule has 7 nitrogen and oxygen atoms in total. The number of benzene rings is 3. The number of carbonyl (C=O) groups excluding carboxylic acids is 2. The molecule has 0 radical (unpaired) electrons. The van der Waals surface area contributed by atoms with Crippen molar-refractivity contribution in [1.82, 2.24) is 19.4 Å². The van der Waals surface area contributed by atoms with Gasteiger partial charge < -0.3 is 19.1 Å². The van der Waals surface area contributed by atoms with Crippen molar-refractivity contribution in [1.29, 1.82) is 0 Å². The lowest BCUT2D eigenvalue weighted by atomic mass is 9.66. The molecule has 3 fully saturated rings. The van der Waals surface area contributed by atoms with Crippen molar-refractivity contribution in [2.75, 3.05) is 26.7 Å². The van der Waals surface area contributed by atoms with Crippen LogP contribution in [-0.4, -0.2) is 64.0 Å². The summed E-state index contributed by atoms with van der Waals surface area (Å²) in [6.07, 6.45) is 4.08. The maximum atomic E-state index is 14.0. The Kier molecular flexibility index (Phi) is 7.41. The maximum Gasteiger partial charge on any atom is 0.253 e. The molecule has 3 unspecified atom stereocenters. The number of amides is 2. The van der Waals surface area contributed by atoms with E-state index in [4.69, 9.17) is 4.74 Å². The molecule has 9 heteroatoms. The lowest BCUT2D eigenvalue weighted by Gasteiger charge is -2.58. The van der Waals surface area contributed by atoms with E-state index in [9.17, 15) is 18.4 Å². The zero-order valence-electron chi connectivity index (χ0n) is 26.8. The number of hydrogen-bond donors (Lipinski definition) is 0. The van der Waals surface area contributed by atoms with E-state index in [0.29, 0.717) is 43.7 Å². The van der Waals surface area contributed by atoms with E-state index in [0.717, 1.165) is 41.3 Å². The van der Waals surface area contributed by atoms with Gasteiger partial charge in [-0.25, -0.2) is 13.8 Å². The van der Waals surface area contributed by atoms with Crippen LogP contribution in [0.1, 0.15) is 61.5 Å². The molecule has 3 heterocycles. The summed E-state index contributed by atoms with van der Waals surface area (Å²) in [6, 6.07) is 17.7. The average molecular weight is 627 g/mol. The number of para-hydroxylation sites is 1. The molecule has 46 heavy (non-hydrogen) atoms. The summed E-state index contributed by atoms with van der Waals surface area (Å²) < 4.78 is 35.1.